The van der Waals surface area contributed by atoms with E-state index in [1.54, 1.807) is 18.2 Å². The van der Waals surface area contributed by atoms with Crippen LogP contribution in [0.4, 0.5) is 10.1 Å². The van der Waals surface area contributed by atoms with Gasteiger partial charge in [-0.2, -0.15) is 4.31 Å². The molecule has 1 fully saturated rings. The third-order valence-corrected chi connectivity index (χ3v) is 5.48. The predicted molar refractivity (Wildman–Crippen MR) is 82.5 cm³/mol. The summed E-state index contributed by atoms with van der Waals surface area (Å²) in [6, 6.07) is 6.59. The van der Waals surface area contributed by atoms with E-state index in [2.05, 4.69) is 5.32 Å². The van der Waals surface area contributed by atoms with Crippen molar-refractivity contribution in [2.75, 3.05) is 49.9 Å². The fourth-order valence-corrected chi connectivity index (χ4v) is 3.80. The van der Waals surface area contributed by atoms with Crippen LogP contribution < -0.4 is 10.2 Å². The highest BCUT2D eigenvalue weighted by Gasteiger charge is 2.27. The molecule has 0 radical (unpaired) electrons. The standard InChI is InChI=1S/C14H22FN3O2S/c1-2-16-7-12-21(19,20)18-10-8-17(9-11-18)14-6-4-3-5-13(14)15/h3-6,16H,2,7-12H2,1H3. The third kappa shape index (κ3) is 4.15. The molecule has 1 aromatic rings. The smallest absolute Gasteiger partial charge is 0.215 e. The molecule has 0 amide bonds. The average Bonchev–Trinajstić information content (AvgIpc) is 2.48. The SMILES string of the molecule is CCNCCS(=O)(=O)N1CCN(c2ccccc2F)CC1. The molecule has 1 aromatic carbocycles. The van der Waals surface area contributed by atoms with E-state index < -0.39 is 10.0 Å². The Morgan fingerprint density at radius 3 is 2.48 bits per heavy atom. The van der Waals surface area contributed by atoms with E-state index in [1.165, 1.54) is 10.4 Å². The lowest BCUT2D eigenvalue weighted by molar-refractivity contribution is 0.383. The second kappa shape index (κ2) is 7.20. The molecule has 1 aliphatic rings. The second-order valence-electron chi connectivity index (χ2n) is 5.01. The van der Waals surface area contributed by atoms with Gasteiger partial charge in [0.2, 0.25) is 10.0 Å². The number of benzene rings is 1. The minimum absolute atomic E-state index is 0.112. The lowest BCUT2D eigenvalue weighted by Gasteiger charge is -2.35. The van der Waals surface area contributed by atoms with Crippen molar-refractivity contribution in [3.63, 3.8) is 0 Å². The Balaban J connectivity index is 1.93. The minimum Gasteiger partial charge on any atom is -0.367 e. The van der Waals surface area contributed by atoms with Gasteiger partial charge >= 0.3 is 0 Å². The fraction of sp³-hybridized carbons (Fsp3) is 0.571. The van der Waals surface area contributed by atoms with Gasteiger partial charge < -0.3 is 10.2 Å². The lowest BCUT2D eigenvalue weighted by atomic mass is 10.2. The number of nitrogens with zero attached hydrogens (tertiary/aromatic N) is 2. The summed E-state index contributed by atoms with van der Waals surface area (Å²) in [7, 11) is -3.22. The molecule has 1 saturated heterocycles. The Morgan fingerprint density at radius 1 is 1.19 bits per heavy atom. The molecule has 0 aliphatic carbocycles. The minimum atomic E-state index is -3.22. The number of halogens is 1. The molecule has 1 heterocycles. The number of anilines is 1. The summed E-state index contributed by atoms with van der Waals surface area (Å²) in [5, 5.41) is 3.02. The Kier molecular flexibility index (Phi) is 5.55. The van der Waals surface area contributed by atoms with Crippen LogP contribution in [0.1, 0.15) is 6.92 Å². The molecule has 1 N–H and O–H groups in total. The molecule has 118 valence electrons. The molecule has 21 heavy (non-hydrogen) atoms. The first kappa shape index (κ1) is 16.2. The number of para-hydroxylation sites is 1. The van der Waals surface area contributed by atoms with Crippen molar-refractivity contribution in [1.82, 2.24) is 9.62 Å². The molecule has 0 spiro atoms. The van der Waals surface area contributed by atoms with Crippen molar-refractivity contribution in [3.05, 3.63) is 30.1 Å². The van der Waals surface area contributed by atoms with E-state index in [1.807, 2.05) is 11.8 Å². The number of hydrogen-bond acceptors (Lipinski definition) is 4. The van der Waals surface area contributed by atoms with Crippen LogP contribution in [-0.2, 0) is 10.0 Å². The van der Waals surface area contributed by atoms with Gasteiger partial charge in [0.05, 0.1) is 11.4 Å². The van der Waals surface area contributed by atoms with Gasteiger partial charge in [-0.3, -0.25) is 0 Å². The first-order valence-electron chi connectivity index (χ1n) is 7.22. The van der Waals surface area contributed by atoms with Gasteiger partial charge in [-0.1, -0.05) is 19.1 Å². The highest BCUT2D eigenvalue weighted by Crippen LogP contribution is 2.20. The Hall–Kier alpha value is -1.18. The van der Waals surface area contributed by atoms with Gasteiger partial charge in [-0.05, 0) is 18.7 Å². The predicted octanol–water partition coefficient (Wildman–Crippen LogP) is 0.887. The summed E-state index contributed by atoms with van der Waals surface area (Å²) in [5.41, 5.74) is 0.544. The maximum atomic E-state index is 13.7. The largest absolute Gasteiger partial charge is 0.367 e. The van der Waals surface area contributed by atoms with Crippen molar-refractivity contribution in [2.24, 2.45) is 0 Å². The Bertz CT molecular complexity index is 557. The summed E-state index contributed by atoms with van der Waals surface area (Å²) >= 11 is 0. The first-order chi connectivity index (χ1) is 10.0. The Morgan fingerprint density at radius 2 is 1.86 bits per heavy atom. The van der Waals surface area contributed by atoms with Crippen molar-refractivity contribution in [2.45, 2.75) is 6.92 Å². The summed E-state index contributed by atoms with van der Waals surface area (Å²) in [6.07, 6.45) is 0. The van der Waals surface area contributed by atoms with Gasteiger partial charge in [0.1, 0.15) is 5.82 Å². The molecular formula is C14H22FN3O2S. The first-order valence-corrected chi connectivity index (χ1v) is 8.83. The summed E-state index contributed by atoms with van der Waals surface area (Å²) < 4.78 is 39.6. The number of rotatable bonds is 6. The van der Waals surface area contributed by atoms with Crippen LogP contribution in [0.25, 0.3) is 0 Å². The van der Waals surface area contributed by atoms with E-state index in [0.717, 1.165) is 6.54 Å². The van der Waals surface area contributed by atoms with E-state index in [4.69, 9.17) is 0 Å². The molecule has 0 aromatic heterocycles. The molecule has 1 aliphatic heterocycles. The van der Waals surface area contributed by atoms with Gasteiger partial charge in [0.25, 0.3) is 0 Å². The van der Waals surface area contributed by atoms with Crippen LogP contribution in [0, 0.1) is 5.82 Å². The number of hydrogen-bond donors (Lipinski definition) is 1. The van der Waals surface area contributed by atoms with Crippen molar-refractivity contribution >= 4 is 15.7 Å². The second-order valence-corrected chi connectivity index (χ2v) is 7.10. The lowest BCUT2D eigenvalue weighted by Crippen LogP contribution is -2.50. The number of piperazine rings is 1. The van der Waals surface area contributed by atoms with Crippen LogP contribution in [0.3, 0.4) is 0 Å². The zero-order chi connectivity index (χ0) is 15.3. The molecule has 7 heteroatoms. The third-order valence-electron chi connectivity index (χ3n) is 3.61. The molecule has 0 unspecified atom stereocenters. The number of sulfonamides is 1. The zero-order valence-electron chi connectivity index (χ0n) is 12.3. The molecule has 0 atom stereocenters. The molecule has 2 rings (SSSR count). The van der Waals surface area contributed by atoms with Crippen LogP contribution in [0.2, 0.25) is 0 Å². The summed E-state index contributed by atoms with van der Waals surface area (Å²) in [6.45, 7) is 5.01. The molecule has 0 saturated carbocycles. The van der Waals surface area contributed by atoms with Gasteiger partial charge in [0.15, 0.2) is 0 Å². The van der Waals surface area contributed by atoms with Gasteiger partial charge in [0, 0.05) is 32.7 Å². The van der Waals surface area contributed by atoms with E-state index in [0.29, 0.717) is 38.4 Å². The normalized spacial score (nSPS) is 17.1. The van der Waals surface area contributed by atoms with Crippen molar-refractivity contribution < 1.29 is 12.8 Å². The topological polar surface area (TPSA) is 52.7 Å². The Labute approximate surface area is 125 Å². The quantitative estimate of drug-likeness (QED) is 0.792. The van der Waals surface area contributed by atoms with Crippen molar-refractivity contribution in [3.8, 4) is 0 Å². The van der Waals surface area contributed by atoms with E-state index >= 15 is 0 Å². The molecular weight excluding hydrogens is 293 g/mol. The monoisotopic (exact) mass is 315 g/mol. The fourth-order valence-electron chi connectivity index (χ4n) is 2.42. The zero-order valence-corrected chi connectivity index (χ0v) is 13.1. The maximum Gasteiger partial charge on any atom is 0.215 e. The highest BCUT2D eigenvalue weighted by molar-refractivity contribution is 7.89. The maximum absolute atomic E-state index is 13.7. The van der Waals surface area contributed by atoms with E-state index in [9.17, 15) is 12.8 Å². The molecule has 5 nitrogen and oxygen atoms in total. The summed E-state index contributed by atoms with van der Waals surface area (Å²) in [5.74, 6) is -0.151. The van der Waals surface area contributed by atoms with Crippen LogP contribution in [0.15, 0.2) is 24.3 Å². The summed E-state index contributed by atoms with van der Waals surface area (Å²) in [4.78, 5) is 1.89. The van der Waals surface area contributed by atoms with Gasteiger partial charge in [-0.25, -0.2) is 12.8 Å². The van der Waals surface area contributed by atoms with Crippen LogP contribution >= 0.6 is 0 Å². The van der Waals surface area contributed by atoms with Crippen LogP contribution in [-0.4, -0.2) is 57.7 Å². The molecule has 0 bridgehead atoms. The van der Waals surface area contributed by atoms with Gasteiger partial charge in [-0.15, -0.1) is 0 Å². The average molecular weight is 315 g/mol. The van der Waals surface area contributed by atoms with E-state index in [-0.39, 0.29) is 11.6 Å². The van der Waals surface area contributed by atoms with Crippen LogP contribution in [0.5, 0.6) is 0 Å². The number of nitrogens with one attached hydrogen (secondary N) is 1. The highest BCUT2D eigenvalue weighted by atomic mass is 32.2. The van der Waals surface area contributed by atoms with Crippen molar-refractivity contribution in [1.29, 1.82) is 0 Å².